The Morgan fingerprint density at radius 1 is 1.31 bits per heavy atom. The van der Waals surface area contributed by atoms with Crippen molar-refractivity contribution in [2.24, 2.45) is 0 Å². The molecule has 0 saturated heterocycles. The molecule has 1 aromatic heterocycles. The highest BCUT2D eigenvalue weighted by Crippen LogP contribution is 2.15. The topological polar surface area (TPSA) is 34.9 Å². The minimum atomic E-state index is 0.561. The van der Waals surface area contributed by atoms with Crippen LogP contribution in [0.15, 0.2) is 36.5 Å². The fourth-order valence-electron chi connectivity index (χ4n) is 1.73. The van der Waals surface area contributed by atoms with Gasteiger partial charge in [0.2, 0.25) is 6.29 Å². The van der Waals surface area contributed by atoms with Crippen molar-refractivity contribution < 1.29 is 4.79 Å². The van der Waals surface area contributed by atoms with Crippen molar-refractivity contribution in [1.29, 1.82) is 0 Å². The van der Waals surface area contributed by atoms with E-state index >= 15 is 0 Å². The summed E-state index contributed by atoms with van der Waals surface area (Å²) in [5.74, 6) is 0. The molecule has 0 spiro atoms. The Hall–Kier alpha value is -1.90. The summed E-state index contributed by atoms with van der Waals surface area (Å²) in [6.07, 6.45) is 5.32. The van der Waals surface area contributed by atoms with Crippen LogP contribution in [0, 0.1) is 0 Å². The molecule has 0 unspecified atom stereocenters. The Bertz CT molecular complexity index is 474. The van der Waals surface area contributed by atoms with Gasteiger partial charge < -0.3 is 0 Å². The molecular formula is C13H13N2O. The van der Waals surface area contributed by atoms with Crippen LogP contribution in [-0.4, -0.2) is 16.1 Å². The maximum absolute atomic E-state index is 10.8. The Morgan fingerprint density at radius 3 is 2.69 bits per heavy atom. The van der Waals surface area contributed by atoms with Gasteiger partial charge in [0.05, 0.1) is 23.1 Å². The van der Waals surface area contributed by atoms with Crippen LogP contribution in [0.5, 0.6) is 0 Å². The molecule has 1 heterocycles. The average Bonchev–Trinajstić information content (AvgIpc) is 2.74. The first-order valence-electron chi connectivity index (χ1n) is 5.37. The van der Waals surface area contributed by atoms with Crippen molar-refractivity contribution in [1.82, 2.24) is 9.78 Å². The summed E-state index contributed by atoms with van der Waals surface area (Å²) in [5, 5.41) is 4.23. The zero-order chi connectivity index (χ0) is 11.4. The van der Waals surface area contributed by atoms with E-state index in [1.54, 1.807) is 6.20 Å². The second-order valence-electron chi connectivity index (χ2n) is 3.60. The maximum atomic E-state index is 10.8. The standard InChI is InChI=1S/C13H13N2O/c1-2-6-13-11(10-16)9-14-15(13)12-7-4-3-5-8-12/h3-5,7-9H,2,6H2,1H3. The van der Waals surface area contributed by atoms with Crippen molar-refractivity contribution in [2.75, 3.05) is 0 Å². The van der Waals surface area contributed by atoms with E-state index in [4.69, 9.17) is 0 Å². The first kappa shape index (κ1) is 10.6. The third kappa shape index (κ3) is 1.89. The molecule has 2 aromatic rings. The highest BCUT2D eigenvalue weighted by molar-refractivity contribution is 5.76. The van der Waals surface area contributed by atoms with Crippen molar-refractivity contribution in [3.05, 3.63) is 47.8 Å². The quantitative estimate of drug-likeness (QED) is 0.781. The minimum absolute atomic E-state index is 0.561. The lowest BCUT2D eigenvalue weighted by Crippen LogP contribution is -2.03. The van der Waals surface area contributed by atoms with E-state index in [1.807, 2.05) is 41.3 Å². The second-order valence-corrected chi connectivity index (χ2v) is 3.60. The molecule has 16 heavy (non-hydrogen) atoms. The number of rotatable bonds is 4. The number of aromatic nitrogens is 2. The summed E-state index contributed by atoms with van der Waals surface area (Å²) in [5.41, 5.74) is 2.47. The lowest BCUT2D eigenvalue weighted by Gasteiger charge is -2.06. The smallest absolute Gasteiger partial charge is 0.237 e. The van der Waals surface area contributed by atoms with Gasteiger partial charge in [-0.05, 0) is 18.6 Å². The summed E-state index contributed by atoms with van der Waals surface area (Å²) < 4.78 is 1.81. The first-order valence-corrected chi connectivity index (χ1v) is 5.37. The molecule has 0 aliphatic rings. The lowest BCUT2D eigenvalue weighted by atomic mass is 10.1. The molecule has 0 N–H and O–H groups in total. The first-order chi connectivity index (χ1) is 7.86. The normalized spacial score (nSPS) is 10.3. The number of hydrogen-bond acceptors (Lipinski definition) is 2. The summed E-state index contributed by atoms with van der Waals surface area (Å²) in [6, 6.07) is 9.81. The Balaban J connectivity index is 2.48. The predicted octanol–water partition coefficient (Wildman–Crippen LogP) is 2.28. The molecule has 3 nitrogen and oxygen atoms in total. The fraction of sp³-hybridized carbons (Fsp3) is 0.231. The fourth-order valence-corrected chi connectivity index (χ4v) is 1.73. The monoisotopic (exact) mass is 213 g/mol. The van der Waals surface area contributed by atoms with E-state index in [9.17, 15) is 4.79 Å². The summed E-state index contributed by atoms with van der Waals surface area (Å²) in [7, 11) is 0. The molecule has 0 aliphatic carbocycles. The Labute approximate surface area is 94.7 Å². The molecule has 3 heteroatoms. The van der Waals surface area contributed by atoms with Gasteiger partial charge in [0, 0.05) is 0 Å². The highest BCUT2D eigenvalue weighted by atomic mass is 16.1. The zero-order valence-corrected chi connectivity index (χ0v) is 9.18. The van der Waals surface area contributed by atoms with Gasteiger partial charge in [0.1, 0.15) is 0 Å². The Kier molecular flexibility index (Phi) is 3.15. The summed E-state index contributed by atoms with van der Waals surface area (Å²) >= 11 is 0. The lowest BCUT2D eigenvalue weighted by molar-refractivity contribution is 0.562. The zero-order valence-electron chi connectivity index (χ0n) is 9.18. The summed E-state index contributed by atoms with van der Waals surface area (Å²) in [6.45, 7) is 2.08. The van der Waals surface area contributed by atoms with Crippen molar-refractivity contribution >= 4 is 6.29 Å². The van der Waals surface area contributed by atoms with E-state index in [0.717, 1.165) is 24.2 Å². The van der Waals surface area contributed by atoms with Crippen LogP contribution in [0.2, 0.25) is 0 Å². The molecule has 0 atom stereocenters. The molecule has 0 fully saturated rings. The third-order valence-corrected chi connectivity index (χ3v) is 2.47. The van der Waals surface area contributed by atoms with E-state index in [1.165, 1.54) is 0 Å². The van der Waals surface area contributed by atoms with Crippen LogP contribution in [0.1, 0.15) is 24.6 Å². The maximum Gasteiger partial charge on any atom is 0.237 e. The van der Waals surface area contributed by atoms with Gasteiger partial charge in [-0.1, -0.05) is 31.5 Å². The molecule has 0 aliphatic heterocycles. The van der Waals surface area contributed by atoms with Gasteiger partial charge in [-0.15, -0.1) is 0 Å². The predicted molar refractivity (Wildman–Crippen MR) is 62.4 cm³/mol. The van der Waals surface area contributed by atoms with E-state index in [-0.39, 0.29) is 0 Å². The van der Waals surface area contributed by atoms with Crippen molar-refractivity contribution in [2.45, 2.75) is 19.8 Å². The van der Waals surface area contributed by atoms with Gasteiger partial charge in [0.25, 0.3) is 0 Å². The molecule has 2 rings (SSSR count). The van der Waals surface area contributed by atoms with E-state index < -0.39 is 0 Å². The third-order valence-electron chi connectivity index (χ3n) is 2.47. The van der Waals surface area contributed by atoms with Crippen molar-refractivity contribution in [3.8, 4) is 5.69 Å². The number of hydrogen-bond donors (Lipinski definition) is 0. The molecule has 0 saturated carbocycles. The van der Waals surface area contributed by atoms with Crippen LogP contribution in [0.4, 0.5) is 0 Å². The molecule has 81 valence electrons. The number of carbonyl (C=O) groups excluding carboxylic acids is 1. The molecule has 1 radical (unpaired) electrons. The van der Waals surface area contributed by atoms with Crippen LogP contribution >= 0.6 is 0 Å². The largest absolute Gasteiger partial charge is 0.285 e. The van der Waals surface area contributed by atoms with Gasteiger partial charge in [-0.2, -0.15) is 5.10 Å². The number of benzene rings is 1. The summed E-state index contributed by atoms with van der Waals surface area (Å²) in [4.78, 5) is 10.8. The van der Waals surface area contributed by atoms with Crippen LogP contribution < -0.4 is 0 Å². The number of para-hydroxylation sites is 1. The van der Waals surface area contributed by atoms with Gasteiger partial charge in [-0.3, -0.25) is 4.79 Å². The SMILES string of the molecule is CCCc1c([C]=O)cnn1-c1ccccc1. The molecule has 1 aromatic carbocycles. The van der Waals surface area contributed by atoms with Crippen LogP contribution in [0.25, 0.3) is 5.69 Å². The Morgan fingerprint density at radius 2 is 2.06 bits per heavy atom. The van der Waals surface area contributed by atoms with Crippen LogP contribution in [0.3, 0.4) is 0 Å². The van der Waals surface area contributed by atoms with E-state index in [0.29, 0.717) is 5.56 Å². The highest BCUT2D eigenvalue weighted by Gasteiger charge is 2.10. The molecule has 0 bridgehead atoms. The van der Waals surface area contributed by atoms with Crippen molar-refractivity contribution in [3.63, 3.8) is 0 Å². The van der Waals surface area contributed by atoms with E-state index in [2.05, 4.69) is 12.0 Å². The van der Waals surface area contributed by atoms with Gasteiger partial charge in [-0.25, -0.2) is 4.68 Å². The molecule has 0 amide bonds. The second kappa shape index (κ2) is 4.75. The number of nitrogens with zero attached hydrogens (tertiary/aromatic N) is 2. The average molecular weight is 213 g/mol. The molecular weight excluding hydrogens is 200 g/mol. The van der Waals surface area contributed by atoms with Crippen LogP contribution in [-0.2, 0) is 11.2 Å². The van der Waals surface area contributed by atoms with Gasteiger partial charge in [0.15, 0.2) is 0 Å². The van der Waals surface area contributed by atoms with Gasteiger partial charge >= 0.3 is 0 Å². The minimum Gasteiger partial charge on any atom is -0.285 e.